The standard InChI is InChI=1S/C14H28N2S/c1-11-4-5-12(7-15)8-16(11)13-6-14(2,3)10-17-9-13/h11-13H,4-10,15H2,1-3H3. The summed E-state index contributed by atoms with van der Waals surface area (Å²) >= 11 is 2.14. The normalized spacial score (nSPS) is 39.2. The van der Waals surface area contributed by atoms with E-state index in [9.17, 15) is 0 Å². The molecule has 3 heteroatoms. The maximum absolute atomic E-state index is 5.86. The number of hydrogen-bond acceptors (Lipinski definition) is 3. The topological polar surface area (TPSA) is 29.3 Å². The molecule has 2 heterocycles. The Bertz CT molecular complexity index is 255. The smallest absolute Gasteiger partial charge is 0.0194 e. The zero-order valence-electron chi connectivity index (χ0n) is 11.6. The molecule has 100 valence electrons. The zero-order valence-corrected chi connectivity index (χ0v) is 12.4. The Balaban J connectivity index is 1.99. The molecule has 2 aliphatic heterocycles. The minimum Gasteiger partial charge on any atom is -0.330 e. The number of rotatable bonds is 2. The van der Waals surface area contributed by atoms with Crippen molar-refractivity contribution in [3.63, 3.8) is 0 Å². The van der Waals surface area contributed by atoms with Crippen molar-refractivity contribution in [2.75, 3.05) is 24.6 Å². The highest BCUT2D eigenvalue weighted by Crippen LogP contribution is 2.37. The summed E-state index contributed by atoms with van der Waals surface area (Å²) in [5, 5.41) is 0. The van der Waals surface area contributed by atoms with E-state index in [-0.39, 0.29) is 0 Å². The minimum atomic E-state index is 0.517. The van der Waals surface area contributed by atoms with E-state index in [2.05, 4.69) is 37.4 Å². The fourth-order valence-electron chi connectivity index (χ4n) is 3.35. The molecule has 0 aromatic carbocycles. The Hall–Kier alpha value is 0.270. The second kappa shape index (κ2) is 5.50. The summed E-state index contributed by atoms with van der Waals surface area (Å²) in [5.74, 6) is 3.39. The molecule has 2 fully saturated rings. The molecule has 0 radical (unpaired) electrons. The van der Waals surface area contributed by atoms with Gasteiger partial charge >= 0.3 is 0 Å². The fraction of sp³-hybridized carbons (Fsp3) is 1.00. The highest BCUT2D eigenvalue weighted by Gasteiger charge is 2.36. The molecule has 0 amide bonds. The van der Waals surface area contributed by atoms with E-state index < -0.39 is 0 Å². The first-order valence-electron chi connectivity index (χ1n) is 7.05. The lowest BCUT2D eigenvalue weighted by Gasteiger charge is -2.47. The third-order valence-corrected chi connectivity index (χ3v) is 6.03. The Morgan fingerprint density at radius 3 is 2.76 bits per heavy atom. The van der Waals surface area contributed by atoms with Crippen LogP contribution in [0, 0.1) is 11.3 Å². The number of nitrogens with zero attached hydrogens (tertiary/aromatic N) is 1. The number of nitrogens with two attached hydrogens (primary N) is 1. The molecule has 2 nitrogen and oxygen atoms in total. The second-order valence-corrected chi connectivity index (χ2v) is 7.79. The van der Waals surface area contributed by atoms with Gasteiger partial charge < -0.3 is 5.73 Å². The van der Waals surface area contributed by atoms with Crippen molar-refractivity contribution in [2.45, 2.75) is 52.1 Å². The van der Waals surface area contributed by atoms with Crippen LogP contribution in [0.1, 0.15) is 40.0 Å². The van der Waals surface area contributed by atoms with Crippen molar-refractivity contribution >= 4 is 11.8 Å². The lowest BCUT2D eigenvalue weighted by atomic mass is 9.84. The average molecular weight is 256 g/mol. The van der Waals surface area contributed by atoms with Gasteiger partial charge in [0, 0.05) is 24.4 Å². The van der Waals surface area contributed by atoms with Gasteiger partial charge in [0.25, 0.3) is 0 Å². The van der Waals surface area contributed by atoms with E-state index in [0.29, 0.717) is 5.41 Å². The summed E-state index contributed by atoms with van der Waals surface area (Å²) in [4.78, 5) is 2.76. The second-order valence-electron chi connectivity index (χ2n) is 6.76. The van der Waals surface area contributed by atoms with Crippen molar-refractivity contribution in [3.8, 4) is 0 Å². The summed E-state index contributed by atoms with van der Waals surface area (Å²) in [5.41, 5.74) is 6.38. The molecule has 17 heavy (non-hydrogen) atoms. The zero-order chi connectivity index (χ0) is 12.5. The van der Waals surface area contributed by atoms with Crippen molar-refractivity contribution in [2.24, 2.45) is 17.1 Å². The molecule has 0 saturated carbocycles. The maximum atomic E-state index is 5.86. The van der Waals surface area contributed by atoms with Crippen molar-refractivity contribution < 1.29 is 0 Å². The lowest BCUT2D eigenvalue weighted by Crippen LogP contribution is -2.52. The number of hydrogen-bond donors (Lipinski definition) is 1. The Morgan fingerprint density at radius 1 is 1.35 bits per heavy atom. The molecule has 0 spiro atoms. The molecule has 2 aliphatic rings. The molecular weight excluding hydrogens is 228 g/mol. The quantitative estimate of drug-likeness (QED) is 0.823. The molecule has 2 N–H and O–H groups in total. The van der Waals surface area contributed by atoms with Gasteiger partial charge in [-0.25, -0.2) is 0 Å². The highest BCUT2D eigenvalue weighted by atomic mass is 32.2. The van der Waals surface area contributed by atoms with Crippen molar-refractivity contribution in [1.29, 1.82) is 0 Å². The van der Waals surface area contributed by atoms with Crippen molar-refractivity contribution in [1.82, 2.24) is 4.90 Å². The summed E-state index contributed by atoms with van der Waals surface area (Å²) in [6.07, 6.45) is 4.03. The van der Waals surface area contributed by atoms with Gasteiger partial charge in [0.2, 0.25) is 0 Å². The van der Waals surface area contributed by atoms with Gasteiger partial charge in [-0.2, -0.15) is 11.8 Å². The SMILES string of the molecule is CC1CCC(CN)CN1C1CSCC(C)(C)C1. The first-order chi connectivity index (χ1) is 8.02. The molecule has 0 bridgehead atoms. The van der Waals surface area contributed by atoms with Gasteiger partial charge in [0.05, 0.1) is 0 Å². The average Bonchev–Trinajstić information content (AvgIpc) is 2.28. The summed E-state index contributed by atoms with van der Waals surface area (Å²) < 4.78 is 0. The molecule has 3 atom stereocenters. The lowest BCUT2D eigenvalue weighted by molar-refractivity contribution is 0.0618. The number of piperidine rings is 1. The first kappa shape index (κ1) is 13.7. The van der Waals surface area contributed by atoms with Gasteiger partial charge in [-0.05, 0) is 49.8 Å². The molecule has 3 unspecified atom stereocenters. The van der Waals surface area contributed by atoms with Crippen LogP contribution in [0.15, 0.2) is 0 Å². The predicted molar refractivity (Wildman–Crippen MR) is 77.5 cm³/mol. The number of likely N-dealkylation sites (tertiary alicyclic amines) is 1. The van der Waals surface area contributed by atoms with Crippen LogP contribution in [-0.2, 0) is 0 Å². The van der Waals surface area contributed by atoms with Crippen LogP contribution >= 0.6 is 11.8 Å². The third-order valence-electron chi connectivity index (χ3n) is 4.42. The Labute approximate surface area is 111 Å². The summed E-state index contributed by atoms with van der Waals surface area (Å²) in [6, 6.07) is 1.55. The molecular formula is C14H28N2S. The van der Waals surface area contributed by atoms with Crippen LogP contribution in [0.3, 0.4) is 0 Å². The van der Waals surface area contributed by atoms with Gasteiger partial charge in [0.15, 0.2) is 0 Å². The first-order valence-corrected chi connectivity index (χ1v) is 8.21. The van der Waals surface area contributed by atoms with Crippen LogP contribution in [0.2, 0.25) is 0 Å². The van der Waals surface area contributed by atoms with Crippen LogP contribution < -0.4 is 5.73 Å². The van der Waals surface area contributed by atoms with E-state index in [1.807, 2.05) is 0 Å². The Morgan fingerprint density at radius 2 is 2.12 bits per heavy atom. The predicted octanol–water partition coefficient (Wildman–Crippen LogP) is 2.58. The van der Waals surface area contributed by atoms with Gasteiger partial charge in [0.1, 0.15) is 0 Å². The molecule has 0 aromatic heterocycles. The number of thioether (sulfide) groups is 1. The molecule has 0 aromatic rings. The van der Waals surface area contributed by atoms with Crippen molar-refractivity contribution in [3.05, 3.63) is 0 Å². The fourth-order valence-corrected chi connectivity index (χ4v) is 4.72. The summed E-state index contributed by atoms with van der Waals surface area (Å²) in [6.45, 7) is 9.34. The van der Waals surface area contributed by atoms with E-state index in [4.69, 9.17) is 5.73 Å². The van der Waals surface area contributed by atoms with E-state index in [1.54, 1.807) is 0 Å². The highest BCUT2D eigenvalue weighted by molar-refractivity contribution is 7.99. The molecule has 2 rings (SSSR count). The van der Waals surface area contributed by atoms with Crippen LogP contribution in [0.5, 0.6) is 0 Å². The molecule has 2 saturated heterocycles. The molecule has 0 aliphatic carbocycles. The summed E-state index contributed by atoms with van der Waals surface area (Å²) in [7, 11) is 0. The minimum absolute atomic E-state index is 0.517. The maximum Gasteiger partial charge on any atom is 0.0194 e. The van der Waals surface area contributed by atoms with Gasteiger partial charge in [-0.1, -0.05) is 13.8 Å². The van der Waals surface area contributed by atoms with E-state index in [0.717, 1.165) is 24.5 Å². The monoisotopic (exact) mass is 256 g/mol. The van der Waals surface area contributed by atoms with Gasteiger partial charge in [-0.15, -0.1) is 0 Å². The largest absolute Gasteiger partial charge is 0.330 e. The third kappa shape index (κ3) is 3.39. The van der Waals surface area contributed by atoms with Crippen LogP contribution in [0.4, 0.5) is 0 Å². The van der Waals surface area contributed by atoms with E-state index >= 15 is 0 Å². The van der Waals surface area contributed by atoms with E-state index in [1.165, 1.54) is 37.3 Å². The van der Waals surface area contributed by atoms with Crippen LogP contribution in [0.25, 0.3) is 0 Å². The Kier molecular flexibility index (Phi) is 4.43. The van der Waals surface area contributed by atoms with Crippen LogP contribution in [-0.4, -0.2) is 41.6 Å². The van der Waals surface area contributed by atoms with Gasteiger partial charge in [-0.3, -0.25) is 4.90 Å².